The van der Waals surface area contributed by atoms with Crippen LogP contribution in [0.4, 0.5) is 15.8 Å². The first kappa shape index (κ1) is 17.6. The van der Waals surface area contributed by atoms with Crippen LogP contribution in [0.5, 0.6) is 0 Å². The highest BCUT2D eigenvalue weighted by Crippen LogP contribution is 2.18. The molecule has 0 aliphatic heterocycles. The van der Waals surface area contributed by atoms with Gasteiger partial charge in [-0.05, 0) is 42.8 Å². The van der Waals surface area contributed by atoms with Gasteiger partial charge < -0.3 is 10.2 Å². The van der Waals surface area contributed by atoms with Gasteiger partial charge in [0, 0.05) is 31.2 Å². The van der Waals surface area contributed by atoms with Crippen LogP contribution in [0, 0.1) is 5.82 Å². The van der Waals surface area contributed by atoms with Gasteiger partial charge in [-0.2, -0.15) is 0 Å². The number of anilines is 2. The number of nitrogens with one attached hydrogen (secondary N) is 1. The lowest BCUT2D eigenvalue weighted by Gasteiger charge is -2.21. The normalized spacial score (nSPS) is 10.4. The Balaban J connectivity index is 1.73. The first-order valence-electron chi connectivity index (χ1n) is 8.47. The fraction of sp³-hybridized carbons (Fsp3) is 0.143. The van der Waals surface area contributed by atoms with Crippen molar-refractivity contribution in [2.45, 2.75) is 13.5 Å². The molecule has 0 atom stereocenters. The summed E-state index contributed by atoms with van der Waals surface area (Å²) in [6, 6.07) is 17.6. The van der Waals surface area contributed by atoms with Crippen molar-refractivity contribution in [3.63, 3.8) is 0 Å². The fourth-order valence-electron chi connectivity index (χ4n) is 2.67. The highest BCUT2D eigenvalue weighted by molar-refractivity contribution is 6.06. The molecule has 0 spiro atoms. The zero-order valence-corrected chi connectivity index (χ0v) is 14.5. The predicted octanol–water partition coefficient (Wildman–Crippen LogP) is 4.50. The van der Waals surface area contributed by atoms with Gasteiger partial charge in [0.1, 0.15) is 5.82 Å². The third-order valence-corrected chi connectivity index (χ3v) is 4.02. The Labute approximate surface area is 152 Å². The van der Waals surface area contributed by atoms with Crippen LogP contribution in [0.3, 0.4) is 0 Å². The number of benzene rings is 2. The van der Waals surface area contributed by atoms with Crippen LogP contribution in [0.15, 0.2) is 73.1 Å². The molecule has 26 heavy (non-hydrogen) atoms. The van der Waals surface area contributed by atoms with Crippen LogP contribution in [-0.4, -0.2) is 17.4 Å². The van der Waals surface area contributed by atoms with Gasteiger partial charge in [0.05, 0.1) is 11.3 Å². The second-order valence-electron chi connectivity index (χ2n) is 5.83. The van der Waals surface area contributed by atoms with Crippen LogP contribution in [0.25, 0.3) is 0 Å². The summed E-state index contributed by atoms with van der Waals surface area (Å²) in [7, 11) is 0. The zero-order valence-electron chi connectivity index (χ0n) is 14.5. The Morgan fingerprint density at radius 3 is 2.50 bits per heavy atom. The molecule has 0 aliphatic carbocycles. The van der Waals surface area contributed by atoms with E-state index < -0.39 is 0 Å². The molecule has 0 unspecified atom stereocenters. The molecule has 1 amide bonds. The average molecular weight is 349 g/mol. The Morgan fingerprint density at radius 2 is 1.81 bits per heavy atom. The van der Waals surface area contributed by atoms with Crippen molar-refractivity contribution in [1.82, 2.24) is 4.98 Å². The maximum absolute atomic E-state index is 13.0. The van der Waals surface area contributed by atoms with E-state index in [4.69, 9.17) is 0 Å². The van der Waals surface area contributed by atoms with Gasteiger partial charge in [-0.15, -0.1) is 0 Å². The number of hydrogen-bond acceptors (Lipinski definition) is 3. The number of aromatic nitrogens is 1. The quantitative estimate of drug-likeness (QED) is 0.713. The van der Waals surface area contributed by atoms with Crippen LogP contribution < -0.4 is 10.2 Å². The molecule has 0 saturated heterocycles. The van der Waals surface area contributed by atoms with E-state index in [1.54, 1.807) is 35.5 Å². The summed E-state index contributed by atoms with van der Waals surface area (Å²) >= 11 is 0. The number of hydrogen-bond donors (Lipinski definition) is 1. The first-order valence-corrected chi connectivity index (χ1v) is 8.47. The monoisotopic (exact) mass is 349 g/mol. The molecule has 1 heterocycles. The number of pyridine rings is 1. The molecule has 3 rings (SSSR count). The lowest BCUT2D eigenvalue weighted by molar-refractivity contribution is 0.0988. The molecule has 0 saturated carbocycles. The van der Waals surface area contributed by atoms with E-state index in [0.29, 0.717) is 18.7 Å². The molecule has 1 N–H and O–H groups in total. The summed E-state index contributed by atoms with van der Waals surface area (Å²) in [5, 5.41) is 3.22. The standard InChI is InChI=1S/C21H20FN3O/c1-2-25(20-6-4-3-5-7-20)21(26)17-12-19(15-23-14-17)24-13-16-8-10-18(22)11-9-16/h3-12,14-15,24H,2,13H2,1H3. The maximum atomic E-state index is 13.0. The summed E-state index contributed by atoms with van der Waals surface area (Å²) in [5.74, 6) is -0.361. The number of carbonyl (C=O) groups is 1. The minimum atomic E-state index is -0.261. The Bertz CT molecular complexity index is 866. The van der Waals surface area contributed by atoms with Gasteiger partial charge >= 0.3 is 0 Å². The molecule has 132 valence electrons. The van der Waals surface area contributed by atoms with Crippen LogP contribution in [0.1, 0.15) is 22.8 Å². The smallest absolute Gasteiger partial charge is 0.259 e. The summed E-state index contributed by atoms with van der Waals surface area (Å²) in [6.45, 7) is 3.03. The molecule has 0 bridgehead atoms. The van der Waals surface area contributed by atoms with E-state index in [0.717, 1.165) is 16.9 Å². The third-order valence-electron chi connectivity index (χ3n) is 4.02. The van der Waals surface area contributed by atoms with E-state index >= 15 is 0 Å². The largest absolute Gasteiger partial charge is 0.380 e. The highest BCUT2D eigenvalue weighted by Gasteiger charge is 2.16. The van der Waals surface area contributed by atoms with Crippen LogP contribution >= 0.6 is 0 Å². The molecular weight excluding hydrogens is 329 g/mol. The van der Waals surface area contributed by atoms with Gasteiger partial charge in [-0.25, -0.2) is 4.39 Å². The van der Waals surface area contributed by atoms with Crippen molar-refractivity contribution in [2.24, 2.45) is 0 Å². The average Bonchev–Trinajstić information content (AvgIpc) is 2.69. The number of rotatable bonds is 6. The fourth-order valence-corrected chi connectivity index (χ4v) is 2.67. The van der Waals surface area contributed by atoms with Crippen LogP contribution in [0.2, 0.25) is 0 Å². The maximum Gasteiger partial charge on any atom is 0.259 e. The molecule has 4 nitrogen and oxygen atoms in total. The predicted molar refractivity (Wildman–Crippen MR) is 102 cm³/mol. The van der Waals surface area contributed by atoms with Crippen molar-refractivity contribution in [2.75, 3.05) is 16.8 Å². The van der Waals surface area contributed by atoms with Gasteiger partial charge in [-0.3, -0.25) is 9.78 Å². The summed E-state index contributed by atoms with van der Waals surface area (Å²) < 4.78 is 13.0. The Morgan fingerprint density at radius 1 is 1.08 bits per heavy atom. The number of halogens is 1. The van der Waals surface area contributed by atoms with E-state index in [9.17, 15) is 9.18 Å². The third kappa shape index (κ3) is 4.25. The van der Waals surface area contributed by atoms with Crippen molar-refractivity contribution in [3.8, 4) is 0 Å². The van der Waals surface area contributed by atoms with Gasteiger partial charge in [-0.1, -0.05) is 30.3 Å². The second kappa shape index (κ2) is 8.25. The van der Waals surface area contributed by atoms with Crippen LogP contribution in [-0.2, 0) is 6.54 Å². The minimum Gasteiger partial charge on any atom is -0.380 e. The first-order chi connectivity index (χ1) is 12.7. The number of nitrogens with zero attached hydrogens (tertiary/aromatic N) is 2. The molecule has 0 fully saturated rings. The molecule has 1 aromatic heterocycles. The second-order valence-corrected chi connectivity index (χ2v) is 5.83. The van der Waals surface area contributed by atoms with E-state index in [1.807, 2.05) is 37.3 Å². The zero-order chi connectivity index (χ0) is 18.4. The summed E-state index contributed by atoms with van der Waals surface area (Å²) in [5.41, 5.74) is 3.05. The number of amides is 1. The summed E-state index contributed by atoms with van der Waals surface area (Å²) in [4.78, 5) is 18.7. The number of carbonyl (C=O) groups excluding carboxylic acids is 1. The lowest BCUT2D eigenvalue weighted by atomic mass is 10.2. The van der Waals surface area contributed by atoms with Gasteiger partial charge in [0.25, 0.3) is 5.91 Å². The molecular formula is C21H20FN3O. The molecule has 0 aliphatic rings. The molecule has 0 radical (unpaired) electrons. The molecule has 2 aromatic carbocycles. The minimum absolute atomic E-state index is 0.100. The highest BCUT2D eigenvalue weighted by atomic mass is 19.1. The summed E-state index contributed by atoms with van der Waals surface area (Å²) in [6.07, 6.45) is 3.23. The topological polar surface area (TPSA) is 45.2 Å². The molecule has 3 aromatic rings. The van der Waals surface area contributed by atoms with Gasteiger partial charge in [0.2, 0.25) is 0 Å². The lowest BCUT2D eigenvalue weighted by Crippen LogP contribution is -2.30. The Hall–Kier alpha value is -3.21. The van der Waals surface area contributed by atoms with Crippen molar-refractivity contribution < 1.29 is 9.18 Å². The van der Waals surface area contributed by atoms with Crippen molar-refractivity contribution in [1.29, 1.82) is 0 Å². The molecule has 5 heteroatoms. The van der Waals surface area contributed by atoms with E-state index in [2.05, 4.69) is 10.3 Å². The van der Waals surface area contributed by atoms with E-state index in [1.165, 1.54) is 12.1 Å². The SMILES string of the molecule is CCN(C(=O)c1cncc(NCc2ccc(F)cc2)c1)c1ccccc1. The van der Waals surface area contributed by atoms with Gasteiger partial charge in [0.15, 0.2) is 0 Å². The van der Waals surface area contributed by atoms with Crippen molar-refractivity contribution >= 4 is 17.3 Å². The van der Waals surface area contributed by atoms with Crippen molar-refractivity contribution in [3.05, 3.63) is 90.0 Å². The Kier molecular flexibility index (Phi) is 5.59. The van der Waals surface area contributed by atoms with E-state index in [-0.39, 0.29) is 11.7 Å². The number of para-hydroxylation sites is 1.